The van der Waals surface area contributed by atoms with Crippen molar-refractivity contribution in [1.82, 2.24) is 0 Å². The fraction of sp³-hybridized carbons (Fsp3) is 0.300. The number of methoxy groups -OCH3 is 2. The lowest BCUT2D eigenvalue weighted by Crippen LogP contribution is -2.30. The molecular weight excluding hydrogens is 368 g/mol. The van der Waals surface area contributed by atoms with Crippen molar-refractivity contribution in [2.45, 2.75) is 18.4 Å². The number of ether oxygens (including phenoxy) is 2. The van der Waals surface area contributed by atoms with Gasteiger partial charge in [-0.25, -0.2) is 0 Å². The second-order valence-electron chi connectivity index (χ2n) is 6.67. The van der Waals surface area contributed by atoms with Crippen molar-refractivity contribution in [3.8, 4) is 11.5 Å². The fourth-order valence-electron chi connectivity index (χ4n) is 4.28. The number of rotatable bonds is 4. The fourth-order valence-corrected chi connectivity index (χ4v) is 4.50. The van der Waals surface area contributed by atoms with Crippen LogP contribution in [0.15, 0.2) is 42.5 Å². The highest BCUT2D eigenvalue weighted by atomic mass is 35.5. The molecule has 140 valence electrons. The van der Waals surface area contributed by atoms with Crippen molar-refractivity contribution in [3.63, 3.8) is 0 Å². The lowest BCUT2D eigenvalue weighted by Gasteiger charge is -2.38. The van der Waals surface area contributed by atoms with E-state index in [0.29, 0.717) is 27.8 Å². The zero-order valence-electron chi connectivity index (χ0n) is 14.9. The van der Waals surface area contributed by atoms with Gasteiger partial charge in [0.2, 0.25) is 0 Å². The van der Waals surface area contributed by atoms with Crippen molar-refractivity contribution in [1.29, 1.82) is 0 Å². The van der Waals surface area contributed by atoms with E-state index < -0.39 is 0 Å². The number of nitrogens with one attached hydrogen (secondary N) is 1. The molecule has 4 rings (SSSR count). The summed E-state index contributed by atoms with van der Waals surface area (Å²) < 4.78 is 11.1. The van der Waals surface area contributed by atoms with Gasteiger partial charge in [0, 0.05) is 17.5 Å². The van der Waals surface area contributed by atoms with Crippen molar-refractivity contribution in [2.75, 3.05) is 19.5 Å². The van der Waals surface area contributed by atoms with Gasteiger partial charge in [-0.15, -0.1) is 0 Å². The SMILES string of the molecule is COc1cccc([C@@H]2Nc3c(Cl)ccc([N+](=O)[O-])c3[C@H]3C=CC[C@H]32)c1OC. The first-order valence-electron chi connectivity index (χ1n) is 8.67. The normalized spacial score (nSPS) is 22.6. The summed E-state index contributed by atoms with van der Waals surface area (Å²) in [5.74, 6) is 1.35. The first kappa shape index (κ1) is 17.7. The molecule has 1 aliphatic carbocycles. The first-order chi connectivity index (χ1) is 13.1. The highest BCUT2D eigenvalue weighted by Crippen LogP contribution is 2.55. The van der Waals surface area contributed by atoms with Gasteiger partial charge in [0.15, 0.2) is 11.5 Å². The summed E-state index contributed by atoms with van der Waals surface area (Å²) in [6.07, 6.45) is 4.94. The molecular formula is C20H19ClN2O4. The summed E-state index contributed by atoms with van der Waals surface area (Å²) in [6.45, 7) is 0. The van der Waals surface area contributed by atoms with E-state index in [1.54, 1.807) is 20.3 Å². The largest absolute Gasteiger partial charge is 0.493 e. The Hall–Kier alpha value is -2.73. The van der Waals surface area contributed by atoms with E-state index in [-0.39, 0.29) is 28.5 Å². The van der Waals surface area contributed by atoms with Gasteiger partial charge in [-0.1, -0.05) is 35.9 Å². The predicted octanol–water partition coefficient (Wildman–Crippen LogP) is 5.09. The number of benzene rings is 2. The number of nitro benzene ring substituents is 1. The molecule has 1 aliphatic heterocycles. The second kappa shape index (κ2) is 6.78. The van der Waals surface area contributed by atoms with E-state index in [4.69, 9.17) is 21.1 Å². The third-order valence-corrected chi connectivity index (χ3v) is 5.73. The third kappa shape index (κ3) is 2.72. The van der Waals surface area contributed by atoms with Gasteiger partial charge < -0.3 is 14.8 Å². The van der Waals surface area contributed by atoms with Crippen LogP contribution in [0.5, 0.6) is 11.5 Å². The third-order valence-electron chi connectivity index (χ3n) is 5.41. The molecule has 1 N–H and O–H groups in total. The highest BCUT2D eigenvalue weighted by Gasteiger charge is 2.43. The first-order valence-corrected chi connectivity index (χ1v) is 9.05. The van der Waals surface area contributed by atoms with E-state index in [2.05, 4.69) is 11.4 Å². The quantitative estimate of drug-likeness (QED) is 0.450. The molecule has 2 aliphatic rings. The summed E-state index contributed by atoms with van der Waals surface area (Å²) in [7, 11) is 3.21. The predicted molar refractivity (Wildman–Crippen MR) is 104 cm³/mol. The number of anilines is 1. The second-order valence-corrected chi connectivity index (χ2v) is 7.08. The van der Waals surface area contributed by atoms with E-state index in [1.165, 1.54) is 6.07 Å². The molecule has 2 aromatic rings. The van der Waals surface area contributed by atoms with Crippen LogP contribution in [0.25, 0.3) is 0 Å². The Morgan fingerprint density at radius 3 is 2.74 bits per heavy atom. The molecule has 1 heterocycles. The monoisotopic (exact) mass is 386 g/mol. The van der Waals surface area contributed by atoms with E-state index in [1.807, 2.05) is 24.3 Å². The molecule has 0 amide bonds. The Morgan fingerprint density at radius 1 is 1.22 bits per heavy atom. The van der Waals surface area contributed by atoms with Crippen molar-refractivity contribution in [3.05, 3.63) is 68.7 Å². The number of hydrogen-bond acceptors (Lipinski definition) is 5. The van der Waals surface area contributed by atoms with Gasteiger partial charge >= 0.3 is 0 Å². The molecule has 2 aromatic carbocycles. The van der Waals surface area contributed by atoms with Crippen LogP contribution < -0.4 is 14.8 Å². The Labute approximate surface area is 161 Å². The zero-order chi connectivity index (χ0) is 19.1. The van der Waals surface area contributed by atoms with E-state index >= 15 is 0 Å². The molecule has 6 nitrogen and oxygen atoms in total. The number of para-hydroxylation sites is 1. The summed E-state index contributed by atoms with van der Waals surface area (Å²) in [4.78, 5) is 11.2. The van der Waals surface area contributed by atoms with Crippen LogP contribution in [0.3, 0.4) is 0 Å². The van der Waals surface area contributed by atoms with E-state index in [9.17, 15) is 10.1 Å². The maximum atomic E-state index is 11.6. The van der Waals surface area contributed by atoms with Crippen molar-refractivity contribution < 1.29 is 14.4 Å². The summed E-state index contributed by atoms with van der Waals surface area (Å²) >= 11 is 6.43. The molecule has 0 bridgehead atoms. The minimum atomic E-state index is -0.341. The smallest absolute Gasteiger partial charge is 0.275 e. The molecule has 27 heavy (non-hydrogen) atoms. The number of allylic oxidation sites excluding steroid dienone is 2. The Bertz CT molecular complexity index is 944. The molecule has 0 aromatic heterocycles. The van der Waals surface area contributed by atoms with Crippen molar-refractivity contribution in [2.24, 2.45) is 5.92 Å². The molecule has 7 heteroatoms. The van der Waals surface area contributed by atoms with Gasteiger partial charge in [0.1, 0.15) is 0 Å². The zero-order valence-corrected chi connectivity index (χ0v) is 15.7. The van der Waals surface area contributed by atoms with Crippen LogP contribution in [0.1, 0.15) is 29.5 Å². The number of fused-ring (bicyclic) bond motifs is 3. The Kier molecular flexibility index (Phi) is 4.44. The molecule has 0 saturated carbocycles. The van der Waals surface area contributed by atoms with Gasteiger partial charge in [-0.2, -0.15) is 0 Å². The topological polar surface area (TPSA) is 73.6 Å². The molecule has 0 radical (unpaired) electrons. The summed E-state index contributed by atoms with van der Waals surface area (Å²) in [5, 5.41) is 15.5. The van der Waals surface area contributed by atoms with E-state index in [0.717, 1.165) is 12.0 Å². The molecule has 0 unspecified atom stereocenters. The lowest BCUT2D eigenvalue weighted by molar-refractivity contribution is -0.385. The summed E-state index contributed by atoms with van der Waals surface area (Å²) in [6, 6.07) is 8.71. The minimum absolute atomic E-state index is 0.0822. The molecule has 3 atom stereocenters. The Morgan fingerprint density at radius 2 is 2.04 bits per heavy atom. The van der Waals surface area contributed by atoms with Crippen LogP contribution in [0.4, 0.5) is 11.4 Å². The highest BCUT2D eigenvalue weighted by molar-refractivity contribution is 6.33. The van der Waals surface area contributed by atoms with Crippen LogP contribution in [0, 0.1) is 16.0 Å². The average Bonchev–Trinajstić information content (AvgIpc) is 3.16. The summed E-state index contributed by atoms with van der Waals surface area (Å²) in [5.41, 5.74) is 2.32. The van der Waals surface area contributed by atoms with Gasteiger partial charge in [0.05, 0.1) is 41.5 Å². The van der Waals surface area contributed by atoms with Crippen molar-refractivity contribution >= 4 is 23.0 Å². The molecule has 0 spiro atoms. The Balaban J connectivity index is 1.89. The lowest BCUT2D eigenvalue weighted by atomic mass is 9.76. The molecule has 0 fully saturated rings. The van der Waals surface area contributed by atoms with Crippen LogP contribution >= 0.6 is 11.6 Å². The van der Waals surface area contributed by atoms with Crippen LogP contribution in [-0.4, -0.2) is 19.1 Å². The number of hydrogen-bond donors (Lipinski definition) is 1. The van der Waals surface area contributed by atoms with Crippen LogP contribution in [-0.2, 0) is 0 Å². The maximum absolute atomic E-state index is 11.6. The van der Waals surface area contributed by atoms with Gasteiger partial charge in [-0.3, -0.25) is 10.1 Å². The number of nitro groups is 1. The minimum Gasteiger partial charge on any atom is -0.493 e. The standard InChI is InChI=1S/C20H19ClN2O4/c1-26-16-8-4-7-13(20(16)27-2)18-12-6-3-5-11(12)17-15(23(24)25)10-9-14(21)19(17)22-18/h3-5,7-12,18,22H,6H2,1-2H3/t11-,12+,18+/m0/s1. The van der Waals surface area contributed by atoms with Gasteiger partial charge in [-0.05, 0) is 24.5 Å². The molecule has 0 saturated heterocycles. The number of halogens is 1. The number of nitrogens with zero attached hydrogens (tertiary/aromatic N) is 1. The maximum Gasteiger partial charge on any atom is 0.275 e. The van der Waals surface area contributed by atoms with Crippen LogP contribution in [0.2, 0.25) is 5.02 Å². The average molecular weight is 387 g/mol. The van der Waals surface area contributed by atoms with Gasteiger partial charge in [0.25, 0.3) is 5.69 Å².